The summed E-state index contributed by atoms with van der Waals surface area (Å²) in [5.74, 6) is -1.81. The van der Waals surface area contributed by atoms with Gasteiger partial charge < -0.3 is 25.4 Å². The Morgan fingerprint density at radius 2 is 1.96 bits per heavy atom. The first kappa shape index (κ1) is 19.7. The van der Waals surface area contributed by atoms with Crippen LogP contribution in [0, 0.1) is 11.3 Å². The number of rotatable bonds is 5. The van der Waals surface area contributed by atoms with Gasteiger partial charge in [0.05, 0.1) is 12.5 Å². The van der Waals surface area contributed by atoms with Crippen molar-refractivity contribution in [1.82, 2.24) is 10.2 Å². The Bertz CT molecular complexity index is 793. The van der Waals surface area contributed by atoms with Crippen LogP contribution in [0.25, 0.3) is 0 Å². The molecule has 2 aliphatic rings. The largest absolute Gasteiger partial charge is 0.481 e. The lowest BCUT2D eigenvalue weighted by Crippen LogP contribution is -2.38. The second-order valence-electron chi connectivity index (χ2n) is 7.20. The summed E-state index contributed by atoms with van der Waals surface area (Å²) in [5.41, 5.74) is 0.0113. The summed E-state index contributed by atoms with van der Waals surface area (Å²) in [6, 6.07) is 5.86. The quantitative estimate of drug-likeness (QED) is 0.652. The second kappa shape index (κ2) is 7.87. The number of hydrogen-bond acceptors (Lipinski definition) is 5. The zero-order valence-electron chi connectivity index (χ0n) is 15.6. The third-order valence-corrected chi connectivity index (χ3v) is 5.60. The summed E-state index contributed by atoms with van der Waals surface area (Å²) >= 11 is 0. The van der Waals surface area contributed by atoms with E-state index in [-0.39, 0.29) is 25.0 Å². The summed E-state index contributed by atoms with van der Waals surface area (Å²) in [6.45, 7) is 0.425. The van der Waals surface area contributed by atoms with Gasteiger partial charge in [-0.15, -0.1) is 0 Å². The van der Waals surface area contributed by atoms with E-state index in [1.54, 1.807) is 17.0 Å². The van der Waals surface area contributed by atoms with E-state index in [0.717, 1.165) is 12.8 Å². The standard InChI is InChI=1S/C19H23N3O6/c1-28-15(23)9-20-16(24)12-4-6-14(7-5-12)21-18(27)22-10-13-3-2-8-19(13,11-22)17(25)26/h4-7,13H,2-3,8-11H2,1H3,(H,20,24)(H,21,27)(H,25,26)/t13-,19+/m0/s1. The van der Waals surface area contributed by atoms with Gasteiger partial charge in [0.1, 0.15) is 6.54 Å². The lowest BCUT2D eigenvalue weighted by molar-refractivity contribution is -0.149. The number of esters is 1. The highest BCUT2D eigenvalue weighted by molar-refractivity contribution is 5.97. The number of urea groups is 1. The van der Waals surface area contributed by atoms with Gasteiger partial charge in [0.15, 0.2) is 0 Å². The summed E-state index contributed by atoms with van der Waals surface area (Å²) in [7, 11) is 1.23. The van der Waals surface area contributed by atoms with E-state index in [2.05, 4.69) is 15.4 Å². The molecule has 0 spiro atoms. The Morgan fingerprint density at radius 1 is 1.25 bits per heavy atom. The van der Waals surface area contributed by atoms with Crippen LogP contribution in [0.3, 0.4) is 0 Å². The summed E-state index contributed by atoms with van der Waals surface area (Å²) < 4.78 is 4.45. The molecule has 1 aliphatic heterocycles. The van der Waals surface area contributed by atoms with E-state index < -0.39 is 23.3 Å². The SMILES string of the molecule is COC(=O)CNC(=O)c1ccc(NC(=O)N2C[C@@H]3CCC[C@@]3(C(=O)O)C2)cc1. The van der Waals surface area contributed by atoms with Gasteiger partial charge in [-0.1, -0.05) is 6.42 Å². The fourth-order valence-corrected chi connectivity index (χ4v) is 4.03. The monoisotopic (exact) mass is 389 g/mol. The topological polar surface area (TPSA) is 125 Å². The molecule has 28 heavy (non-hydrogen) atoms. The molecule has 1 aromatic carbocycles. The van der Waals surface area contributed by atoms with Crippen molar-refractivity contribution in [3.63, 3.8) is 0 Å². The molecule has 9 heteroatoms. The number of ether oxygens (including phenoxy) is 1. The summed E-state index contributed by atoms with van der Waals surface area (Å²) in [6.07, 6.45) is 2.31. The average Bonchev–Trinajstić information content (AvgIpc) is 3.25. The minimum absolute atomic E-state index is 0.00312. The lowest BCUT2D eigenvalue weighted by atomic mass is 9.81. The number of benzene rings is 1. The highest BCUT2D eigenvalue weighted by Gasteiger charge is 2.55. The Hall–Kier alpha value is -3.10. The van der Waals surface area contributed by atoms with Gasteiger partial charge in [-0.25, -0.2) is 4.79 Å². The number of methoxy groups -OCH3 is 1. The smallest absolute Gasteiger partial charge is 0.325 e. The molecule has 2 atom stereocenters. The first-order chi connectivity index (χ1) is 13.4. The normalized spacial score (nSPS) is 23.0. The fourth-order valence-electron chi connectivity index (χ4n) is 4.03. The molecule has 1 aromatic rings. The zero-order valence-corrected chi connectivity index (χ0v) is 15.6. The van der Waals surface area contributed by atoms with Crippen LogP contribution >= 0.6 is 0 Å². The van der Waals surface area contributed by atoms with Crippen molar-refractivity contribution in [3.05, 3.63) is 29.8 Å². The van der Waals surface area contributed by atoms with Crippen LogP contribution in [0.2, 0.25) is 0 Å². The zero-order chi connectivity index (χ0) is 20.3. The van der Waals surface area contributed by atoms with Gasteiger partial charge in [0, 0.05) is 24.3 Å². The lowest BCUT2D eigenvalue weighted by Gasteiger charge is -2.23. The Morgan fingerprint density at radius 3 is 2.57 bits per heavy atom. The Balaban J connectivity index is 1.57. The van der Waals surface area contributed by atoms with Gasteiger partial charge in [-0.05, 0) is 43.0 Å². The van der Waals surface area contributed by atoms with Gasteiger partial charge in [-0.2, -0.15) is 0 Å². The predicted molar refractivity (Wildman–Crippen MR) is 98.8 cm³/mol. The first-order valence-electron chi connectivity index (χ1n) is 9.10. The van der Waals surface area contributed by atoms with E-state index in [1.807, 2.05) is 0 Å². The third kappa shape index (κ3) is 3.78. The van der Waals surface area contributed by atoms with Crippen molar-refractivity contribution in [2.45, 2.75) is 19.3 Å². The molecule has 1 aliphatic carbocycles. The molecule has 0 aromatic heterocycles. The maximum Gasteiger partial charge on any atom is 0.325 e. The van der Waals surface area contributed by atoms with Crippen LogP contribution in [-0.4, -0.2) is 60.6 Å². The number of carbonyl (C=O) groups excluding carboxylic acids is 3. The molecule has 1 saturated carbocycles. The number of carbonyl (C=O) groups is 4. The van der Waals surface area contributed by atoms with Gasteiger partial charge in [-0.3, -0.25) is 14.4 Å². The molecule has 2 fully saturated rings. The predicted octanol–water partition coefficient (Wildman–Crippen LogP) is 1.31. The molecular formula is C19H23N3O6. The van der Waals surface area contributed by atoms with E-state index in [0.29, 0.717) is 24.2 Å². The number of nitrogens with zero attached hydrogens (tertiary/aromatic N) is 1. The van der Waals surface area contributed by atoms with E-state index >= 15 is 0 Å². The second-order valence-corrected chi connectivity index (χ2v) is 7.20. The molecule has 0 bridgehead atoms. The van der Waals surface area contributed by atoms with Crippen molar-refractivity contribution in [2.75, 3.05) is 32.1 Å². The molecule has 0 radical (unpaired) electrons. The van der Waals surface area contributed by atoms with Crippen molar-refractivity contribution >= 4 is 29.6 Å². The number of carboxylic acid groups (broad SMARTS) is 1. The minimum Gasteiger partial charge on any atom is -0.481 e. The fraction of sp³-hybridized carbons (Fsp3) is 0.474. The number of likely N-dealkylation sites (tertiary alicyclic amines) is 1. The van der Waals surface area contributed by atoms with Crippen LogP contribution in [0.1, 0.15) is 29.6 Å². The van der Waals surface area contributed by atoms with Crippen molar-refractivity contribution < 1.29 is 29.0 Å². The van der Waals surface area contributed by atoms with E-state index in [1.165, 1.54) is 19.2 Å². The first-order valence-corrected chi connectivity index (χ1v) is 9.10. The van der Waals surface area contributed by atoms with E-state index in [4.69, 9.17) is 0 Å². The highest BCUT2D eigenvalue weighted by Crippen LogP contribution is 2.48. The van der Waals surface area contributed by atoms with Crippen LogP contribution in [0.5, 0.6) is 0 Å². The van der Waals surface area contributed by atoms with Gasteiger partial charge >= 0.3 is 18.0 Å². The van der Waals surface area contributed by atoms with Crippen molar-refractivity contribution in [3.8, 4) is 0 Å². The molecule has 1 heterocycles. The van der Waals surface area contributed by atoms with Crippen LogP contribution < -0.4 is 10.6 Å². The molecule has 150 valence electrons. The number of anilines is 1. The molecule has 3 N–H and O–H groups in total. The minimum atomic E-state index is -0.826. The molecule has 3 amide bonds. The van der Waals surface area contributed by atoms with Crippen LogP contribution in [0.4, 0.5) is 10.5 Å². The number of aliphatic carboxylic acids is 1. The average molecular weight is 389 g/mol. The number of amides is 3. The Labute approximate surface area is 162 Å². The number of carboxylic acids is 1. The van der Waals surface area contributed by atoms with Crippen molar-refractivity contribution in [1.29, 1.82) is 0 Å². The molecule has 3 rings (SSSR count). The molecule has 0 unspecified atom stereocenters. The van der Waals surface area contributed by atoms with Gasteiger partial charge in [0.25, 0.3) is 5.91 Å². The molecule has 9 nitrogen and oxygen atoms in total. The maximum absolute atomic E-state index is 12.5. The van der Waals surface area contributed by atoms with E-state index in [9.17, 15) is 24.3 Å². The number of fused-ring (bicyclic) bond motifs is 1. The number of nitrogens with one attached hydrogen (secondary N) is 2. The maximum atomic E-state index is 12.5. The molecule has 1 saturated heterocycles. The van der Waals surface area contributed by atoms with Gasteiger partial charge in [0.2, 0.25) is 0 Å². The third-order valence-electron chi connectivity index (χ3n) is 5.60. The number of hydrogen-bond donors (Lipinski definition) is 3. The summed E-state index contributed by atoms with van der Waals surface area (Å²) in [5, 5.41) is 14.8. The Kier molecular flexibility index (Phi) is 5.53. The van der Waals surface area contributed by atoms with Crippen LogP contribution in [0.15, 0.2) is 24.3 Å². The van der Waals surface area contributed by atoms with Crippen LogP contribution in [-0.2, 0) is 14.3 Å². The highest BCUT2D eigenvalue weighted by atomic mass is 16.5. The molecular weight excluding hydrogens is 366 g/mol. The summed E-state index contributed by atoms with van der Waals surface area (Å²) in [4.78, 5) is 48.8. The van der Waals surface area contributed by atoms with Crippen molar-refractivity contribution in [2.24, 2.45) is 11.3 Å².